The van der Waals surface area contributed by atoms with Gasteiger partial charge in [-0.05, 0) is 152 Å². The number of nitrogens with zero attached hydrogens (tertiary/aromatic N) is 13. The number of piperazine rings is 3. The van der Waals surface area contributed by atoms with Gasteiger partial charge in [0.1, 0.15) is 17.5 Å². The highest BCUT2D eigenvalue weighted by Crippen LogP contribution is 2.27. The van der Waals surface area contributed by atoms with Crippen molar-refractivity contribution < 1.29 is 19.2 Å². The van der Waals surface area contributed by atoms with Crippen molar-refractivity contribution in [2.45, 2.75) is 112 Å². The first-order valence-electron chi connectivity index (χ1n) is 39.9. The predicted octanol–water partition coefficient (Wildman–Crippen LogP) is 11.6. The van der Waals surface area contributed by atoms with E-state index in [-0.39, 0.29) is 29.7 Å². The number of carbonyl (C=O) groups excluding carboxylic acids is 4. The molecular formula is C87H118N18O4. The van der Waals surface area contributed by atoms with Gasteiger partial charge in [-0.3, -0.25) is 48.7 Å². The van der Waals surface area contributed by atoms with Crippen molar-refractivity contribution >= 4 is 46.8 Å². The van der Waals surface area contributed by atoms with Gasteiger partial charge < -0.3 is 46.2 Å². The van der Waals surface area contributed by atoms with Crippen LogP contribution in [-0.2, 0) is 26.2 Å². The second-order valence-electron chi connectivity index (χ2n) is 29.7. The molecule has 0 atom stereocenters. The van der Waals surface area contributed by atoms with E-state index in [0.717, 1.165) is 205 Å². The Morgan fingerprint density at radius 1 is 0.459 bits per heavy atom. The van der Waals surface area contributed by atoms with Crippen molar-refractivity contribution in [3.8, 4) is 0 Å². The van der Waals surface area contributed by atoms with Gasteiger partial charge in [-0.25, -0.2) is 15.0 Å². The standard InChI is InChI=1S/C24H31N3O.C22H30N4O.C21H31N5O.C20H26N6O/c28-24(22-11-5-6-12-23(22)27-15-7-2-8-16-27)25-21-13-17-26(18-14-21)19-20-9-3-1-4-10-20;1-18(2)10-12-24-21-20(9-6-11-23-21)22(27)26-15-13-25(14-16-26)17-19-7-4-3-5-8-19;1-4-26(16-18-7-5-10-22-15-18)14-13-25-21(27)19-8-6-11-23-20(19)24-12-9-17(2)3;27-20(18-2-1-5-23-19(18)25-10-8-22-9-11-25)26-14-12-24(13-15-26)16-17-3-6-21-7-4-17/h1,3-6,9-12,21H,2,7-8,13-19H2,(H,25,28);3-9,11,18H,10,12-17H2,1-2H3,(H,23,24);5-8,10-11,15,17H,4,9,12-14,16H2,1-3H3,(H,23,24)(H,25,27);1-7,22H,8-16H2. The van der Waals surface area contributed by atoms with E-state index in [4.69, 9.17) is 0 Å². The first-order valence-corrected chi connectivity index (χ1v) is 39.9. The minimum atomic E-state index is -0.0902. The van der Waals surface area contributed by atoms with Gasteiger partial charge in [0, 0.05) is 212 Å². The van der Waals surface area contributed by atoms with E-state index >= 15 is 0 Å². The second-order valence-corrected chi connectivity index (χ2v) is 29.7. The Balaban J connectivity index is 0.000000155. The Labute approximate surface area is 647 Å². The highest BCUT2D eigenvalue weighted by molar-refractivity contribution is 6.01. The maximum Gasteiger partial charge on any atom is 0.257 e. The summed E-state index contributed by atoms with van der Waals surface area (Å²) in [4.78, 5) is 91.2. The average Bonchev–Trinajstić information content (AvgIpc) is 0.833. The van der Waals surface area contributed by atoms with Crippen LogP contribution in [-0.4, -0.2) is 221 Å². The number of piperidine rings is 2. The predicted molar refractivity (Wildman–Crippen MR) is 439 cm³/mol. The van der Waals surface area contributed by atoms with Crippen LogP contribution in [0.4, 0.5) is 23.1 Å². The van der Waals surface area contributed by atoms with Crippen LogP contribution in [0.2, 0.25) is 0 Å². The van der Waals surface area contributed by atoms with Gasteiger partial charge in [-0.2, -0.15) is 0 Å². The van der Waals surface area contributed by atoms with Gasteiger partial charge in [-0.15, -0.1) is 0 Å². The molecule has 13 rings (SSSR count). The van der Waals surface area contributed by atoms with Gasteiger partial charge in [-0.1, -0.05) is 113 Å². The Morgan fingerprint density at radius 2 is 0.954 bits per heavy atom. The number of benzene rings is 3. The third-order valence-corrected chi connectivity index (χ3v) is 20.6. The van der Waals surface area contributed by atoms with E-state index in [1.165, 1.54) is 41.5 Å². The number of anilines is 4. The molecule has 5 aliphatic heterocycles. The molecule has 4 amide bonds. The lowest BCUT2D eigenvalue weighted by Crippen LogP contribution is -2.49. The topological polar surface area (TPSA) is 219 Å². The molecular weight excluding hydrogens is 1360 g/mol. The summed E-state index contributed by atoms with van der Waals surface area (Å²) in [6, 6.07) is 48.7. The molecule has 22 nitrogen and oxygen atoms in total. The van der Waals surface area contributed by atoms with Crippen LogP contribution in [0.1, 0.15) is 143 Å². The van der Waals surface area contributed by atoms with Gasteiger partial charge in [0.05, 0.1) is 22.3 Å². The minimum absolute atomic E-state index is 0.0782. The van der Waals surface area contributed by atoms with Crippen molar-refractivity contribution in [2.24, 2.45) is 11.8 Å². The molecule has 8 aromatic rings. The van der Waals surface area contributed by atoms with E-state index in [2.05, 4.69) is 182 Å². The van der Waals surface area contributed by atoms with Crippen molar-refractivity contribution in [2.75, 3.05) is 158 Å². The Kier molecular flexibility index (Phi) is 33.5. The first-order chi connectivity index (χ1) is 53.3. The number of hydrogen-bond acceptors (Lipinski definition) is 18. The lowest BCUT2D eigenvalue weighted by atomic mass is 10.0. The molecule has 3 aromatic carbocycles. The Hall–Kier alpha value is -9.71. The second kappa shape index (κ2) is 44.7. The monoisotopic (exact) mass is 1480 g/mol. The fraction of sp³-hybridized carbons (Fsp3) is 0.460. The molecule has 0 spiro atoms. The fourth-order valence-corrected chi connectivity index (χ4v) is 14.2. The molecule has 22 heteroatoms. The number of hydrogen-bond donors (Lipinski definition) is 5. The van der Waals surface area contributed by atoms with Crippen molar-refractivity contribution in [3.63, 3.8) is 0 Å². The Morgan fingerprint density at radius 3 is 1.52 bits per heavy atom. The van der Waals surface area contributed by atoms with E-state index in [1.807, 2.05) is 101 Å². The average molecular weight is 1480 g/mol. The molecule has 5 N–H and O–H groups in total. The SMILES string of the molecule is CC(C)CCNc1ncccc1C(=O)N1CCN(Cc2ccccc2)CC1.CCN(CCNC(=O)c1cccnc1NCCC(C)C)Cc1cccnc1.O=C(NC1CCN(Cc2ccccc2)CC1)c1ccccc1N1CCCCC1.O=C(c1cccnc1N1CCNCC1)N1CCN(Cc2ccncc2)CC1. The third-order valence-electron chi connectivity index (χ3n) is 20.6. The third kappa shape index (κ3) is 26.8. The van der Waals surface area contributed by atoms with E-state index in [9.17, 15) is 19.2 Å². The van der Waals surface area contributed by atoms with Gasteiger partial charge >= 0.3 is 0 Å². The summed E-state index contributed by atoms with van der Waals surface area (Å²) >= 11 is 0. The molecule has 5 aliphatic rings. The van der Waals surface area contributed by atoms with Gasteiger partial charge in [0.2, 0.25) is 0 Å². The fourth-order valence-electron chi connectivity index (χ4n) is 14.2. The molecule has 5 aromatic heterocycles. The smallest absolute Gasteiger partial charge is 0.257 e. The largest absolute Gasteiger partial charge is 0.371 e. The molecule has 109 heavy (non-hydrogen) atoms. The molecule has 0 aliphatic carbocycles. The highest BCUT2D eigenvalue weighted by atomic mass is 16.2. The summed E-state index contributed by atoms with van der Waals surface area (Å²) in [5, 5.41) is 16.3. The zero-order chi connectivity index (χ0) is 76.2. The number of likely N-dealkylation sites (tertiary alicyclic amines) is 1. The molecule has 5 saturated heterocycles. The van der Waals surface area contributed by atoms with Crippen molar-refractivity contribution in [1.82, 2.24) is 70.3 Å². The molecule has 0 unspecified atom stereocenters. The molecule has 5 fully saturated rings. The van der Waals surface area contributed by atoms with E-state index in [0.29, 0.717) is 41.1 Å². The van der Waals surface area contributed by atoms with E-state index < -0.39 is 0 Å². The number of amides is 4. The molecule has 0 bridgehead atoms. The highest BCUT2D eigenvalue weighted by Gasteiger charge is 2.29. The van der Waals surface area contributed by atoms with Crippen LogP contribution in [0, 0.1) is 11.8 Å². The number of aromatic nitrogens is 5. The zero-order valence-corrected chi connectivity index (χ0v) is 65.2. The summed E-state index contributed by atoms with van der Waals surface area (Å²) in [5.74, 6) is 3.58. The summed E-state index contributed by atoms with van der Waals surface area (Å²) in [5.41, 5.74) is 9.04. The summed E-state index contributed by atoms with van der Waals surface area (Å²) in [7, 11) is 0. The van der Waals surface area contributed by atoms with Crippen LogP contribution in [0.25, 0.3) is 0 Å². The quantitative estimate of drug-likeness (QED) is 0.0323. The number of carbonyl (C=O) groups is 4. The number of rotatable bonds is 27. The van der Waals surface area contributed by atoms with Crippen LogP contribution < -0.4 is 36.4 Å². The molecule has 10 heterocycles. The summed E-state index contributed by atoms with van der Waals surface area (Å²) in [6.45, 7) is 32.9. The normalized spacial score (nSPS) is 15.9. The molecule has 580 valence electrons. The maximum atomic E-state index is 13.1. The number of nitrogens with one attached hydrogen (secondary N) is 5. The summed E-state index contributed by atoms with van der Waals surface area (Å²) < 4.78 is 0. The van der Waals surface area contributed by atoms with Crippen LogP contribution in [0.3, 0.4) is 0 Å². The zero-order valence-electron chi connectivity index (χ0n) is 65.2. The van der Waals surface area contributed by atoms with E-state index in [1.54, 1.807) is 30.9 Å². The minimum Gasteiger partial charge on any atom is -0.371 e. The van der Waals surface area contributed by atoms with Crippen LogP contribution in [0.15, 0.2) is 189 Å². The van der Waals surface area contributed by atoms with Gasteiger partial charge in [0.15, 0.2) is 0 Å². The lowest BCUT2D eigenvalue weighted by Gasteiger charge is -2.36. The van der Waals surface area contributed by atoms with Crippen LogP contribution in [0.5, 0.6) is 0 Å². The number of likely N-dealkylation sites (N-methyl/N-ethyl adjacent to an activating group) is 1. The maximum absolute atomic E-state index is 13.1. The lowest BCUT2D eigenvalue weighted by molar-refractivity contribution is 0.0622. The molecule has 0 radical (unpaired) electrons. The van der Waals surface area contributed by atoms with Crippen molar-refractivity contribution in [1.29, 1.82) is 0 Å². The first kappa shape index (κ1) is 81.8. The van der Waals surface area contributed by atoms with Crippen LogP contribution >= 0.6 is 0 Å². The Bertz CT molecular complexity index is 3910. The summed E-state index contributed by atoms with van der Waals surface area (Å²) in [6.07, 6.45) is 20.4. The molecule has 0 saturated carbocycles. The number of pyridine rings is 5. The number of para-hydroxylation sites is 1. The van der Waals surface area contributed by atoms with Gasteiger partial charge in [0.25, 0.3) is 23.6 Å². The van der Waals surface area contributed by atoms with Crippen molar-refractivity contribution in [3.05, 3.63) is 233 Å².